The molecule has 7 heteroatoms. The molecule has 0 spiro atoms. The third kappa shape index (κ3) is 7.92. The Bertz CT molecular complexity index is 497. The van der Waals surface area contributed by atoms with E-state index in [4.69, 9.17) is 16.7 Å². The zero-order chi connectivity index (χ0) is 16.0. The lowest BCUT2D eigenvalue weighted by Gasteiger charge is -2.25. The second-order valence-corrected chi connectivity index (χ2v) is 7.89. The van der Waals surface area contributed by atoms with Crippen molar-refractivity contribution in [1.29, 1.82) is 0 Å². The minimum absolute atomic E-state index is 0.0608. The average Bonchev–Trinajstić information content (AvgIpc) is 2.69. The van der Waals surface area contributed by atoms with Gasteiger partial charge in [0.15, 0.2) is 0 Å². The van der Waals surface area contributed by atoms with Crippen molar-refractivity contribution in [1.82, 2.24) is 10.6 Å². The van der Waals surface area contributed by atoms with E-state index < -0.39 is 12.0 Å². The predicted molar refractivity (Wildman–Crippen MR) is 84.8 cm³/mol. The van der Waals surface area contributed by atoms with Gasteiger partial charge in [0.1, 0.15) is 0 Å². The van der Waals surface area contributed by atoms with Gasteiger partial charge in [-0.1, -0.05) is 32.4 Å². The predicted octanol–water partition coefficient (Wildman–Crippen LogP) is 3.48. The molecule has 1 aromatic heterocycles. The lowest BCUT2D eigenvalue weighted by atomic mass is 9.87. The fraction of sp³-hybridized carbons (Fsp3) is 0.571. The van der Waals surface area contributed by atoms with Crippen molar-refractivity contribution in [3.63, 3.8) is 0 Å². The van der Waals surface area contributed by atoms with Gasteiger partial charge in [-0.25, -0.2) is 4.79 Å². The first kappa shape index (κ1) is 17.8. The third-order valence-electron chi connectivity index (χ3n) is 2.67. The van der Waals surface area contributed by atoms with Crippen LogP contribution in [-0.4, -0.2) is 23.1 Å². The Hall–Kier alpha value is -1.27. The van der Waals surface area contributed by atoms with Gasteiger partial charge < -0.3 is 15.7 Å². The Morgan fingerprint density at radius 2 is 2.05 bits per heavy atom. The highest BCUT2D eigenvalue weighted by atomic mass is 35.5. The van der Waals surface area contributed by atoms with E-state index in [0.717, 1.165) is 4.88 Å². The smallest absolute Gasteiger partial charge is 0.315 e. The molecule has 1 heterocycles. The monoisotopic (exact) mass is 332 g/mol. The Kier molecular flexibility index (Phi) is 6.48. The molecule has 1 rings (SSSR count). The van der Waals surface area contributed by atoms with Crippen molar-refractivity contribution in [3.05, 3.63) is 21.3 Å². The number of carboxylic acid groups (broad SMARTS) is 1. The van der Waals surface area contributed by atoms with Crippen molar-refractivity contribution < 1.29 is 14.7 Å². The summed E-state index contributed by atoms with van der Waals surface area (Å²) in [5, 5.41) is 14.4. The summed E-state index contributed by atoms with van der Waals surface area (Å²) < 4.78 is 0.670. The number of nitrogens with one attached hydrogen (secondary N) is 2. The molecule has 1 aromatic rings. The molecule has 1 atom stereocenters. The molecule has 3 N–H and O–H groups in total. The first-order valence-electron chi connectivity index (χ1n) is 6.66. The van der Waals surface area contributed by atoms with E-state index >= 15 is 0 Å². The zero-order valence-electron chi connectivity index (χ0n) is 12.4. The molecule has 0 aliphatic heterocycles. The van der Waals surface area contributed by atoms with Crippen LogP contribution >= 0.6 is 22.9 Å². The lowest BCUT2D eigenvalue weighted by molar-refractivity contribution is -0.137. The number of halogens is 1. The molecule has 21 heavy (non-hydrogen) atoms. The molecule has 0 aliphatic rings. The highest BCUT2D eigenvalue weighted by Gasteiger charge is 2.22. The normalized spacial score (nSPS) is 12.8. The minimum atomic E-state index is -0.922. The maximum Gasteiger partial charge on any atom is 0.315 e. The van der Waals surface area contributed by atoms with Gasteiger partial charge >= 0.3 is 12.0 Å². The van der Waals surface area contributed by atoms with Crippen LogP contribution in [0.15, 0.2) is 12.1 Å². The van der Waals surface area contributed by atoms with Crippen LogP contribution in [0, 0.1) is 5.41 Å². The van der Waals surface area contributed by atoms with Gasteiger partial charge in [-0.05, 0) is 24.0 Å². The van der Waals surface area contributed by atoms with Gasteiger partial charge in [0.25, 0.3) is 0 Å². The standard InChI is InChI=1S/C14H21ClN2O3S/c1-14(2,3)7-9(6-12(18)19)17-13(20)16-8-10-4-5-11(15)21-10/h4-5,9H,6-8H2,1-3H3,(H,18,19)(H2,16,17,20). The molecule has 0 aliphatic carbocycles. The van der Waals surface area contributed by atoms with Crippen LogP contribution in [0.2, 0.25) is 4.34 Å². The van der Waals surface area contributed by atoms with Gasteiger partial charge in [-0.15, -0.1) is 11.3 Å². The summed E-state index contributed by atoms with van der Waals surface area (Å²) in [6, 6.07) is 2.86. The molecule has 1 unspecified atom stereocenters. The van der Waals surface area contributed by atoms with Gasteiger partial charge in [-0.3, -0.25) is 4.79 Å². The van der Waals surface area contributed by atoms with Crippen molar-refractivity contribution in [2.45, 2.75) is 46.2 Å². The van der Waals surface area contributed by atoms with Crippen LogP contribution < -0.4 is 10.6 Å². The van der Waals surface area contributed by atoms with Gasteiger partial charge in [0.2, 0.25) is 0 Å². The zero-order valence-corrected chi connectivity index (χ0v) is 14.0. The summed E-state index contributed by atoms with van der Waals surface area (Å²) in [5.41, 5.74) is -0.0608. The fourth-order valence-electron chi connectivity index (χ4n) is 1.97. The highest BCUT2D eigenvalue weighted by Crippen LogP contribution is 2.22. The number of carboxylic acids is 1. The van der Waals surface area contributed by atoms with Crippen molar-refractivity contribution >= 4 is 34.9 Å². The average molecular weight is 333 g/mol. The Labute approximate surface area is 133 Å². The minimum Gasteiger partial charge on any atom is -0.481 e. The van der Waals surface area contributed by atoms with Crippen LogP contribution in [0.25, 0.3) is 0 Å². The summed E-state index contributed by atoms with van der Waals surface area (Å²) in [5.74, 6) is -0.922. The first-order valence-corrected chi connectivity index (χ1v) is 7.85. The third-order valence-corrected chi connectivity index (χ3v) is 3.90. The van der Waals surface area contributed by atoms with E-state index in [9.17, 15) is 9.59 Å². The van der Waals surface area contributed by atoms with E-state index in [0.29, 0.717) is 17.3 Å². The maximum absolute atomic E-state index is 11.9. The topological polar surface area (TPSA) is 78.4 Å². The maximum atomic E-state index is 11.9. The van der Waals surface area contributed by atoms with Crippen molar-refractivity contribution in [2.75, 3.05) is 0 Å². The Balaban J connectivity index is 2.49. The van der Waals surface area contributed by atoms with Crippen LogP contribution in [0.1, 0.15) is 38.5 Å². The number of thiophene rings is 1. The SMILES string of the molecule is CC(C)(C)CC(CC(=O)O)NC(=O)NCc1ccc(Cl)s1. The molecule has 2 amide bonds. The first-order chi connectivity index (χ1) is 9.65. The Morgan fingerprint density at radius 3 is 2.52 bits per heavy atom. The van der Waals surface area contributed by atoms with E-state index in [1.807, 2.05) is 26.8 Å². The van der Waals surface area contributed by atoms with Crippen LogP contribution in [0.3, 0.4) is 0 Å². The number of carbonyl (C=O) groups excluding carboxylic acids is 1. The molecule has 118 valence electrons. The number of urea groups is 1. The van der Waals surface area contributed by atoms with Crippen LogP contribution in [-0.2, 0) is 11.3 Å². The van der Waals surface area contributed by atoms with E-state index in [1.165, 1.54) is 11.3 Å². The number of hydrogen-bond acceptors (Lipinski definition) is 3. The molecule has 0 bridgehead atoms. The van der Waals surface area contributed by atoms with Crippen molar-refractivity contribution in [3.8, 4) is 0 Å². The molecule has 0 fully saturated rings. The Morgan fingerprint density at radius 1 is 1.38 bits per heavy atom. The van der Waals surface area contributed by atoms with Crippen molar-refractivity contribution in [2.24, 2.45) is 5.41 Å². The number of carbonyl (C=O) groups is 2. The molecule has 0 saturated carbocycles. The molecule has 5 nitrogen and oxygen atoms in total. The summed E-state index contributed by atoms with van der Waals surface area (Å²) in [7, 11) is 0. The molecule has 0 aromatic carbocycles. The molecular weight excluding hydrogens is 312 g/mol. The number of aliphatic carboxylic acids is 1. The fourth-order valence-corrected chi connectivity index (χ4v) is 3.00. The largest absolute Gasteiger partial charge is 0.481 e. The lowest BCUT2D eigenvalue weighted by Crippen LogP contribution is -2.44. The van der Waals surface area contributed by atoms with E-state index in [2.05, 4.69) is 10.6 Å². The summed E-state index contributed by atoms with van der Waals surface area (Å²) >= 11 is 7.21. The molecular formula is C14H21ClN2O3S. The molecule has 0 radical (unpaired) electrons. The van der Waals surface area contributed by atoms with E-state index in [-0.39, 0.29) is 17.9 Å². The highest BCUT2D eigenvalue weighted by molar-refractivity contribution is 7.16. The van der Waals surface area contributed by atoms with Crippen LogP contribution in [0.4, 0.5) is 4.79 Å². The second-order valence-electron chi connectivity index (χ2n) is 6.09. The summed E-state index contributed by atoms with van der Waals surface area (Å²) in [4.78, 5) is 23.7. The van der Waals surface area contributed by atoms with Gasteiger partial charge in [-0.2, -0.15) is 0 Å². The summed E-state index contributed by atoms with van der Waals surface area (Å²) in [6.07, 6.45) is 0.507. The van der Waals surface area contributed by atoms with Gasteiger partial charge in [0, 0.05) is 10.9 Å². The number of rotatable bonds is 6. The molecule has 0 saturated heterocycles. The summed E-state index contributed by atoms with van der Waals surface area (Å²) in [6.45, 7) is 6.40. The van der Waals surface area contributed by atoms with E-state index in [1.54, 1.807) is 6.07 Å². The van der Waals surface area contributed by atoms with Crippen LogP contribution in [0.5, 0.6) is 0 Å². The second kappa shape index (κ2) is 7.66. The number of hydrogen-bond donors (Lipinski definition) is 3. The van der Waals surface area contributed by atoms with Gasteiger partial charge in [0.05, 0.1) is 17.3 Å². The number of amides is 2. The quantitative estimate of drug-likeness (QED) is 0.746.